The summed E-state index contributed by atoms with van der Waals surface area (Å²) in [7, 11) is 1.97. The minimum absolute atomic E-state index is 0.0306. The Hall–Kier alpha value is -1.24. The third-order valence-electron chi connectivity index (χ3n) is 6.25. The van der Waals surface area contributed by atoms with Crippen molar-refractivity contribution < 1.29 is 13.9 Å². The number of hydrogen-bond acceptors (Lipinski definition) is 4. The lowest BCUT2D eigenvalue weighted by Crippen LogP contribution is -2.50. The molecule has 2 fully saturated rings. The highest BCUT2D eigenvalue weighted by Gasteiger charge is 2.32. The van der Waals surface area contributed by atoms with Crippen molar-refractivity contribution in [2.45, 2.75) is 70.7 Å². The van der Waals surface area contributed by atoms with Crippen molar-refractivity contribution in [1.29, 1.82) is 0 Å². The summed E-state index contributed by atoms with van der Waals surface area (Å²) in [5.41, 5.74) is 0.342. The summed E-state index contributed by atoms with van der Waals surface area (Å²) in [6.45, 7) is 7.89. The third-order valence-corrected chi connectivity index (χ3v) is 6.25. The Balaban J connectivity index is 1.55. The second-order valence-corrected chi connectivity index (χ2v) is 8.52. The summed E-state index contributed by atoms with van der Waals surface area (Å²) in [6, 6.07) is 0.504. The zero-order chi connectivity index (χ0) is 19.6. The molecule has 0 radical (unpaired) electrons. The maximum atomic E-state index is 14.7. The van der Waals surface area contributed by atoms with E-state index in [0.29, 0.717) is 24.1 Å². The second-order valence-electron chi connectivity index (χ2n) is 8.52. The fourth-order valence-corrected chi connectivity index (χ4v) is 4.81. The molecule has 5 nitrogen and oxygen atoms in total. The maximum Gasteiger partial charge on any atom is 0.227 e. The van der Waals surface area contributed by atoms with E-state index in [2.05, 4.69) is 36.3 Å². The number of carbonyl (C=O) groups is 1. The van der Waals surface area contributed by atoms with Crippen molar-refractivity contribution in [3.05, 3.63) is 23.7 Å². The summed E-state index contributed by atoms with van der Waals surface area (Å²) >= 11 is 0. The number of allylic oxidation sites excluding steroid dienone is 1. The SMILES string of the molecule is CNC1CCC(C(=O)NC2=CCC(N3CC(C)OC(C)C3)C=C2F)CC1C. The second kappa shape index (κ2) is 8.84. The van der Waals surface area contributed by atoms with Gasteiger partial charge in [-0.2, -0.15) is 0 Å². The van der Waals surface area contributed by atoms with Gasteiger partial charge >= 0.3 is 0 Å². The molecule has 6 heteroatoms. The zero-order valence-electron chi connectivity index (χ0n) is 17.0. The Kier molecular flexibility index (Phi) is 6.71. The fourth-order valence-electron chi connectivity index (χ4n) is 4.81. The number of nitrogens with one attached hydrogen (secondary N) is 2. The molecule has 2 aliphatic carbocycles. The molecule has 1 heterocycles. The molecule has 27 heavy (non-hydrogen) atoms. The molecule has 0 aromatic heterocycles. The number of ether oxygens (including phenoxy) is 1. The molecule has 1 amide bonds. The Bertz CT molecular complexity index is 596. The summed E-state index contributed by atoms with van der Waals surface area (Å²) < 4.78 is 20.4. The van der Waals surface area contributed by atoms with Crippen LogP contribution in [0.5, 0.6) is 0 Å². The van der Waals surface area contributed by atoms with Crippen molar-refractivity contribution in [1.82, 2.24) is 15.5 Å². The molecule has 6 atom stereocenters. The smallest absolute Gasteiger partial charge is 0.227 e. The average Bonchev–Trinajstić information content (AvgIpc) is 2.62. The first-order chi connectivity index (χ1) is 12.9. The highest BCUT2D eigenvalue weighted by atomic mass is 19.1. The Morgan fingerprint density at radius 3 is 2.52 bits per heavy atom. The van der Waals surface area contributed by atoms with E-state index >= 15 is 0 Å². The lowest BCUT2D eigenvalue weighted by Gasteiger charge is -2.39. The lowest BCUT2D eigenvalue weighted by molar-refractivity contribution is -0.125. The van der Waals surface area contributed by atoms with Gasteiger partial charge < -0.3 is 15.4 Å². The van der Waals surface area contributed by atoms with Crippen LogP contribution in [-0.2, 0) is 9.53 Å². The van der Waals surface area contributed by atoms with Crippen molar-refractivity contribution in [3.63, 3.8) is 0 Å². The van der Waals surface area contributed by atoms with Gasteiger partial charge in [-0.3, -0.25) is 9.69 Å². The predicted octanol–water partition coefficient (Wildman–Crippen LogP) is 2.75. The van der Waals surface area contributed by atoms with E-state index in [1.807, 2.05) is 13.1 Å². The van der Waals surface area contributed by atoms with Gasteiger partial charge in [0, 0.05) is 31.1 Å². The Morgan fingerprint density at radius 1 is 1.22 bits per heavy atom. The molecular formula is C21H34FN3O2. The summed E-state index contributed by atoms with van der Waals surface area (Å²) in [6.07, 6.45) is 7.21. The number of amides is 1. The van der Waals surface area contributed by atoms with Gasteiger partial charge in [0.1, 0.15) is 5.83 Å². The number of morpholine rings is 1. The molecular weight excluding hydrogens is 345 g/mol. The Labute approximate surface area is 162 Å². The molecule has 0 spiro atoms. The Morgan fingerprint density at radius 2 is 1.93 bits per heavy atom. The molecule has 1 saturated carbocycles. The molecule has 0 bridgehead atoms. The van der Waals surface area contributed by atoms with E-state index in [-0.39, 0.29) is 35.9 Å². The summed E-state index contributed by atoms with van der Waals surface area (Å²) in [5.74, 6) is 0.0634. The standard InChI is InChI=1S/C21H34FN3O2/c1-13-9-16(5-7-19(13)23-4)21(26)24-20-8-6-17(10-18(20)22)25-11-14(2)27-15(3)12-25/h8,10,13-17,19,23H,5-7,9,11-12H2,1-4H3,(H,24,26). The monoisotopic (exact) mass is 379 g/mol. The van der Waals surface area contributed by atoms with Crippen molar-refractivity contribution in [2.75, 3.05) is 20.1 Å². The number of nitrogens with zero attached hydrogens (tertiary/aromatic N) is 1. The quantitative estimate of drug-likeness (QED) is 0.789. The largest absolute Gasteiger partial charge is 0.373 e. The number of halogens is 1. The van der Waals surface area contributed by atoms with E-state index in [1.54, 1.807) is 6.08 Å². The molecule has 3 rings (SSSR count). The number of rotatable bonds is 4. The van der Waals surface area contributed by atoms with E-state index in [4.69, 9.17) is 4.74 Å². The average molecular weight is 380 g/mol. The first-order valence-corrected chi connectivity index (χ1v) is 10.3. The first kappa shape index (κ1) is 20.5. The highest BCUT2D eigenvalue weighted by molar-refractivity contribution is 5.81. The first-order valence-electron chi connectivity index (χ1n) is 10.3. The molecule has 1 aliphatic heterocycles. The summed E-state index contributed by atoms with van der Waals surface area (Å²) in [4.78, 5) is 14.9. The van der Waals surface area contributed by atoms with Crippen molar-refractivity contribution in [3.8, 4) is 0 Å². The minimum atomic E-state index is -0.316. The fraction of sp³-hybridized carbons (Fsp3) is 0.762. The van der Waals surface area contributed by atoms with Gasteiger partial charge in [-0.1, -0.05) is 13.0 Å². The van der Waals surface area contributed by atoms with E-state index < -0.39 is 0 Å². The van der Waals surface area contributed by atoms with Crippen LogP contribution in [0.4, 0.5) is 4.39 Å². The van der Waals surface area contributed by atoms with Gasteiger partial charge in [0.2, 0.25) is 5.91 Å². The normalized spacial score (nSPS) is 38.1. The molecule has 1 saturated heterocycles. The van der Waals surface area contributed by atoms with E-state index in [9.17, 15) is 9.18 Å². The zero-order valence-corrected chi connectivity index (χ0v) is 17.0. The number of hydrogen-bond donors (Lipinski definition) is 2. The van der Waals surface area contributed by atoms with E-state index in [1.165, 1.54) is 0 Å². The highest BCUT2D eigenvalue weighted by Crippen LogP contribution is 2.30. The van der Waals surface area contributed by atoms with Crippen LogP contribution in [0.1, 0.15) is 46.5 Å². The number of carbonyl (C=O) groups excluding carboxylic acids is 1. The van der Waals surface area contributed by atoms with Gasteiger partial charge in [-0.25, -0.2) is 4.39 Å². The topological polar surface area (TPSA) is 53.6 Å². The van der Waals surface area contributed by atoms with Crippen LogP contribution in [0.2, 0.25) is 0 Å². The minimum Gasteiger partial charge on any atom is -0.373 e. The van der Waals surface area contributed by atoms with Crippen LogP contribution in [0.3, 0.4) is 0 Å². The van der Waals surface area contributed by atoms with Gasteiger partial charge in [0.25, 0.3) is 0 Å². The van der Waals surface area contributed by atoms with Gasteiger partial charge in [0.15, 0.2) is 0 Å². The lowest BCUT2D eigenvalue weighted by atomic mass is 9.78. The molecule has 2 N–H and O–H groups in total. The van der Waals surface area contributed by atoms with Gasteiger partial charge in [-0.15, -0.1) is 0 Å². The summed E-state index contributed by atoms with van der Waals surface area (Å²) in [5, 5.41) is 6.17. The van der Waals surface area contributed by atoms with Crippen LogP contribution < -0.4 is 10.6 Å². The predicted molar refractivity (Wildman–Crippen MR) is 105 cm³/mol. The molecule has 6 unspecified atom stereocenters. The van der Waals surface area contributed by atoms with Crippen LogP contribution >= 0.6 is 0 Å². The maximum absolute atomic E-state index is 14.7. The third kappa shape index (κ3) is 4.98. The van der Waals surface area contributed by atoms with Crippen molar-refractivity contribution in [2.24, 2.45) is 11.8 Å². The molecule has 152 valence electrons. The van der Waals surface area contributed by atoms with Crippen LogP contribution in [0.25, 0.3) is 0 Å². The van der Waals surface area contributed by atoms with Crippen LogP contribution in [0, 0.1) is 11.8 Å². The molecule has 0 aromatic carbocycles. The van der Waals surface area contributed by atoms with Gasteiger partial charge in [0.05, 0.1) is 17.9 Å². The molecule has 3 aliphatic rings. The van der Waals surface area contributed by atoms with Crippen LogP contribution in [0.15, 0.2) is 23.7 Å². The molecule has 0 aromatic rings. The van der Waals surface area contributed by atoms with Crippen LogP contribution in [-0.4, -0.2) is 55.2 Å². The van der Waals surface area contributed by atoms with E-state index in [0.717, 1.165) is 32.4 Å². The van der Waals surface area contributed by atoms with Crippen molar-refractivity contribution >= 4 is 5.91 Å². The van der Waals surface area contributed by atoms with Gasteiger partial charge in [-0.05, 0) is 58.6 Å².